The first-order valence-electron chi connectivity index (χ1n) is 12.4. The van der Waals surface area contributed by atoms with Crippen molar-refractivity contribution in [1.29, 1.82) is 0 Å². The van der Waals surface area contributed by atoms with Crippen molar-refractivity contribution in [3.05, 3.63) is 96.6 Å². The molecular formula is C30H38O3. The Bertz CT molecular complexity index is 854. The molecule has 0 aliphatic carbocycles. The van der Waals surface area contributed by atoms with Crippen LogP contribution in [0.2, 0.25) is 0 Å². The van der Waals surface area contributed by atoms with Gasteiger partial charge in [0, 0.05) is 5.92 Å². The third-order valence-corrected chi connectivity index (χ3v) is 6.22. The van der Waals surface area contributed by atoms with Gasteiger partial charge >= 0.3 is 0 Å². The zero-order chi connectivity index (χ0) is 23.4. The topological polar surface area (TPSA) is 38.7 Å². The predicted molar refractivity (Wildman–Crippen MR) is 135 cm³/mol. The van der Waals surface area contributed by atoms with Crippen LogP contribution in [-0.2, 0) is 0 Å². The van der Waals surface area contributed by atoms with Crippen molar-refractivity contribution in [3.8, 4) is 11.5 Å². The minimum absolute atomic E-state index is 0.0562. The van der Waals surface area contributed by atoms with Crippen LogP contribution in [0.5, 0.6) is 11.5 Å². The molecule has 0 aliphatic heterocycles. The molecule has 0 saturated carbocycles. The van der Waals surface area contributed by atoms with Crippen molar-refractivity contribution >= 4 is 0 Å². The molecule has 3 aromatic carbocycles. The molecule has 176 valence electrons. The highest BCUT2D eigenvalue weighted by atomic mass is 16.7. The summed E-state index contributed by atoms with van der Waals surface area (Å²) in [7, 11) is 0. The number of benzene rings is 3. The molecule has 0 aliphatic rings. The summed E-state index contributed by atoms with van der Waals surface area (Å²) in [5.41, 5.74) is 0.777. The van der Waals surface area contributed by atoms with Gasteiger partial charge in [-0.05, 0) is 36.2 Å². The van der Waals surface area contributed by atoms with E-state index in [1.807, 2.05) is 91.0 Å². The molecule has 0 radical (unpaired) electrons. The zero-order valence-electron chi connectivity index (χ0n) is 20.0. The maximum absolute atomic E-state index is 11.7. The van der Waals surface area contributed by atoms with E-state index in [4.69, 9.17) is 9.47 Å². The Labute approximate surface area is 199 Å². The molecule has 0 bridgehead atoms. The Morgan fingerprint density at radius 2 is 1.12 bits per heavy atom. The molecule has 0 aromatic heterocycles. The van der Waals surface area contributed by atoms with Gasteiger partial charge in [-0.3, -0.25) is 0 Å². The standard InChI is InChI=1S/C30H38O3/c1-3-4-5-6-7-11-18-25(2)30(32-27-21-14-9-15-22-27,33-28-23-16-10-17-24-28)29(31)26-19-12-8-13-20-26/h8-10,12-17,19-25,29,31H,3-7,11,18H2,1-2H3. The summed E-state index contributed by atoms with van der Waals surface area (Å²) in [6, 6.07) is 29.0. The number of hydrogen-bond donors (Lipinski definition) is 1. The molecule has 0 saturated heterocycles. The summed E-state index contributed by atoms with van der Waals surface area (Å²) in [5, 5.41) is 11.7. The van der Waals surface area contributed by atoms with Crippen molar-refractivity contribution < 1.29 is 14.6 Å². The SMILES string of the molecule is CCCCCCCCC(C)C(Oc1ccccc1)(Oc1ccccc1)C(O)c1ccccc1. The van der Waals surface area contributed by atoms with Crippen LogP contribution in [0.4, 0.5) is 0 Å². The van der Waals surface area contributed by atoms with Gasteiger partial charge in [-0.15, -0.1) is 0 Å². The number of rotatable bonds is 14. The van der Waals surface area contributed by atoms with Crippen LogP contribution in [-0.4, -0.2) is 10.9 Å². The van der Waals surface area contributed by atoms with E-state index in [9.17, 15) is 5.11 Å². The molecule has 3 nitrogen and oxygen atoms in total. The van der Waals surface area contributed by atoms with Gasteiger partial charge in [-0.1, -0.05) is 119 Å². The first-order valence-corrected chi connectivity index (χ1v) is 12.4. The molecule has 0 fully saturated rings. The van der Waals surface area contributed by atoms with Crippen molar-refractivity contribution in [3.63, 3.8) is 0 Å². The largest absolute Gasteiger partial charge is 0.449 e. The Morgan fingerprint density at radius 3 is 1.64 bits per heavy atom. The fourth-order valence-corrected chi connectivity index (χ4v) is 4.25. The van der Waals surface area contributed by atoms with E-state index in [0.717, 1.165) is 18.4 Å². The second kappa shape index (κ2) is 13.1. The molecule has 0 spiro atoms. The van der Waals surface area contributed by atoms with Crippen LogP contribution in [0.3, 0.4) is 0 Å². The summed E-state index contributed by atoms with van der Waals surface area (Å²) in [6.45, 7) is 4.37. The number of aliphatic hydroxyl groups is 1. The maximum atomic E-state index is 11.7. The van der Waals surface area contributed by atoms with E-state index >= 15 is 0 Å². The number of aliphatic hydroxyl groups excluding tert-OH is 1. The van der Waals surface area contributed by atoms with E-state index in [2.05, 4.69) is 13.8 Å². The fraction of sp³-hybridized carbons (Fsp3) is 0.400. The molecule has 3 aromatic rings. The predicted octanol–water partition coefficient (Wildman–Crippen LogP) is 7.96. The van der Waals surface area contributed by atoms with Gasteiger partial charge < -0.3 is 14.6 Å². The smallest absolute Gasteiger partial charge is 0.283 e. The molecule has 2 unspecified atom stereocenters. The average Bonchev–Trinajstić information content (AvgIpc) is 2.87. The van der Waals surface area contributed by atoms with Gasteiger partial charge in [0.15, 0.2) is 6.10 Å². The van der Waals surface area contributed by atoms with Crippen LogP contribution in [0.1, 0.15) is 70.5 Å². The lowest BCUT2D eigenvalue weighted by Gasteiger charge is -2.42. The molecular weight excluding hydrogens is 408 g/mol. The van der Waals surface area contributed by atoms with Crippen LogP contribution < -0.4 is 9.47 Å². The molecule has 2 atom stereocenters. The third-order valence-electron chi connectivity index (χ3n) is 6.22. The van der Waals surface area contributed by atoms with E-state index in [1.165, 1.54) is 32.1 Å². The fourth-order valence-electron chi connectivity index (χ4n) is 4.25. The Kier molecular flexibility index (Phi) is 9.83. The minimum Gasteiger partial charge on any atom is -0.449 e. The van der Waals surface area contributed by atoms with Crippen LogP contribution in [0.25, 0.3) is 0 Å². The van der Waals surface area contributed by atoms with Crippen LogP contribution >= 0.6 is 0 Å². The molecule has 33 heavy (non-hydrogen) atoms. The second-order valence-electron chi connectivity index (χ2n) is 8.82. The maximum Gasteiger partial charge on any atom is 0.283 e. The molecule has 1 N–H and O–H groups in total. The van der Waals surface area contributed by atoms with Gasteiger partial charge in [0.1, 0.15) is 11.5 Å². The van der Waals surface area contributed by atoms with E-state index in [-0.39, 0.29) is 5.92 Å². The number of unbranched alkanes of at least 4 members (excludes halogenated alkanes) is 5. The normalized spacial score (nSPS) is 13.3. The first-order chi connectivity index (χ1) is 16.2. The molecule has 0 amide bonds. The summed E-state index contributed by atoms with van der Waals surface area (Å²) in [5.74, 6) is 0.0312. The lowest BCUT2D eigenvalue weighted by atomic mass is 9.86. The first kappa shape index (κ1) is 24.9. The highest BCUT2D eigenvalue weighted by molar-refractivity contribution is 5.28. The molecule has 3 rings (SSSR count). The minimum atomic E-state index is -1.27. The summed E-state index contributed by atoms with van der Waals surface area (Å²) in [4.78, 5) is 0. The Hall–Kier alpha value is -2.78. The van der Waals surface area contributed by atoms with Crippen molar-refractivity contribution in [1.82, 2.24) is 0 Å². The monoisotopic (exact) mass is 446 g/mol. The quantitative estimate of drug-likeness (QED) is 0.202. The average molecular weight is 447 g/mol. The van der Waals surface area contributed by atoms with Gasteiger partial charge in [-0.25, -0.2) is 0 Å². The lowest BCUT2D eigenvalue weighted by Crippen LogP contribution is -2.53. The highest BCUT2D eigenvalue weighted by Crippen LogP contribution is 2.41. The highest BCUT2D eigenvalue weighted by Gasteiger charge is 2.49. The van der Waals surface area contributed by atoms with E-state index < -0.39 is 11.9 Å². The van der Waals surface area contributed by atoms with Gasteiger partial charge in [0.25, 0.3) is 5.79 Å². The number of ether oxygens (including phenoxy) is 2. The summed E-state index contributed by atoms with van der Waals surface area (Å²) in [6.07, 6.45) is 7.25. The number of para-hydroxylation sites is 2. The summed E-state index contributed by atoms with van der Waals surface area (Å²) < 4.78 is 13.2. The second-order valence-corrected chi connectivity index (χ2v) is 8.82. The Morgan fingerprint density at radius 1 is 0.667 bits per heavy atom. The van der Waals surface area contributed by atoms with Crippen LogP contribution in [0, 0.1) is 5.92 Å². The zero-order valence-corrected chi connectivity index (χ0v) is 20.0. The van der Waals surface area contributed by atoms with Gasteiger partial charge in [0.05, 0.1) is 0 Å². The van der Waals surface area contributed by atoms with E-state index in [1.54, 1.807) is 0 Å². The Balaban J connectivity index is 1.92. The molecule has 3 heteroatoms. The number of hydrogen-bond acceptors (Lipinski definition) is 3. The van der Waals surface area contributed by atoms with Crippen molar-refractivity contribution in [2.45, 2.75) is 70.7 Å². The van der Waals surface area contributed by atoms with E-state index in [0.29, 0.717) is 11.5 Å². The summed E-state index contributed by atoms with van der Waals surface area (Å²) >= 11 is 0. The van der Waals surface area contributed by atoms with Crippen molar-refractivity contribution in [2.24, 2.45) is 5.92 Å². The van der Waals surface area contributed by atoms with Gasteiger partial charge in [0.2, 0.25) is 0 Å². The van der Waals surface area contributed by atoms with Gasteiger partial charge in [-0.2, -0.15) is 0 Å². The molecule has 0 heterocycles. The lowest BCUT2D eigenvalue weighted by molar-refractivity contribution is -0.221. The van der Waals surface area contributed by atoms with Crippen LogP contribution in [0.15, 0.2) is 91.0 Å². The third kappa shape index (κ3) is 7.10. The van der Waals surface area contributed by atoms with Crippen molar-refractivity contribution in [2.75, 3.05) is 0 Å².